The number of benzene rings is 1. The van der Waals surface area contributed by atoms with Gasteiger partial charge in [0.05, 0.1) is 30.2 Å². The molecule has 6 atom stereocenters. The molecule has 0 radical (unpaired) electrons. The first-order valence-corrected chi connectivity index (χ1v) is 8.36. The summed E-state index contributed by atoms with van der Waals surface area (Å²) in [6.07, 6.45) is 5.48. The third-order valence-corrected chi connectivity index (χ3v) is 6.21. The molecule has 122 valence electrons. The van der Waals surface area contributed by atoms with Crippen molar-refractivity contribution in [2.45, 2.75) is 6.42 Å². The predicted octanol–water partition coefficient (Wildman–Crippen LogP) is 2.03. The van der Waals surface area contributed by atoms with Crippen LogP contribution < -0.4 is 4.90 Å². The number of amides is 2. The Kier molecular flexibility index (Phi) is 2.65. The van der Waals surface area contributed by atoms with Gasteiger partial charge in [0.15, 0.2) is 0 Å². The second kappa shape index (κ2) is 4.56. The van der Waals surface area contributed by atoms with Crippen LogP contribution in [0.1, 0.15) is 16.8 Å². The van der Waals surface area contributed by atoms with Crippen LogP contribution in [-0.4, -0.2) is 24.9 Å². The molecular weight excluding hydrogens is 306 g/mol. The summed E-state index contributed by atoms with van der Waals surface area (Å²) in [5.74, 6) is 0.645. The third-order valence-electron chi connectivity index (χ3n) is 6.21. The minimum atomic E-state index is -0.434. The van der Waals surface area contributed by atoms with Gasteiger partial charge in [-0.1, -0.05) is 12.2 Å². The molecule has 1 aliphatic heterocycles. The SMILES string of the molecule is COC(=O)c1ccc(N2C(=O)[C@H]3[C@@H]4C=C[C@@H]([C@H]5C[C@H]45)[C@@H]3C2=O)cc1. The van der Waals surface area contributed by atoms with Crippen molar-refractivity contribution in [1.29, 1.82) is 0 Å². The molecule has 2 bridgehead atoms. The summed E-state index contributed by atoms with van der Waals surface area (Å²) in [6.45, 7) is 0. The van der Waals surface area contributed by atoms with E-state index in [9.17, 15) is 14.4 Å². The largest absolute Gasteiger partial charge is 0.465 e. The van der Waals surface area contributed by atoms with Crippen molar-refractivity contribution in [3.05, 3.63) is 42.0 Å². The Bertz CT molecular complexity index is 760. The number of nitrogens with zero attached hydrogens (tertiary/aromatic N) is 1. The van der Waals surface area contributed by atoms with Crippen molar-refractivity contribution in [2.24, 2.45) is 35.5 Å². The van der Waals surface area contributed by atoms with E-state index in [0.29, 0.717) is 23.1 Å². The highest BCUT2D eigenvalue weighted by Gasteiger charge is 2.67. The van der Waals surface area contributed by atoms with Crippen LogP contribution in [-0.2, 0) is 14.3 Å². The maximum absolute atomic E-state index is 13.0. The van der Waals surface area contributed by atoms with E-state index in [0.717, 1.165) is 6.42 Å². The average Bonchev–Trinajstić information content (AvgIpc) is 3.39. The second-order valence-corrected chi connectivity index (χ2v) is 7.20. The van der Waals surface area contributed by atoms with Gasteiger partial charge in [0.2, 0.25) is 11.8 Å². The summed E-state index contributed by atoms with van der Waals surface area (Å²) < 4.78 is 4.68. The van der Waals surface area contributed by atoms with Crippen LogP contribution in [0.3, 0.4) is 0 Å². The number of esters is 1. The number of ether oxygens (including phenoxy) is 1. The van der Waals surface area contributed by atoms with Crippen LogP contribution in [0.2, 0.25) is 0 Å². The molecule has 1 saturated heterocycles. The molecule has 2 amide bonds. The lowest BCUT2D eigenvalue weighted by Gasteiger charge is -2.37. The molecule has 1 aromatic rings. The molecule has 0 N–H and O–H groups in total. The van der Waals surface area contributed by atoms with Crippen molar-refractivity contribution < 1.29 is 19.1 Å². The topological polar surface area (TPSA) is 63.7 Å². The van der Waals surface area contributed by atoms with Crippen LogP contribution in [0.5, 0.6) is 0 Å². The monoisotopic (exact) mass is 323 g/mol. The maximum atomic E-state index is 13.0. The molecule has 5 heteroatoms. The van der Waals surface area contributed by atoms with E-state index in [1.807, 2.05) is 0 Å². The minimum absolute atomic E-state index is 0.0829. The zero-order chi connectivity index (χ0) is 16.6. The summed E-state index contributed by atoms with van der Waals surface area (Å²) in [6, 6.07) is 6.48. The lowest BCUT2D eigenvalue weighted by Crippen LogP contribution is -2.40. The van der Waals surface area contributed by atoms with Gasteiger partial charge in [-0.15, -0.1) is 0 Å². The van der Waals surface area contributed by atoms with Crippen molar-refractivity contribution in [3.63, 3.8) is 0 Å². The Morgan fingerprint density at radius 3 is 2.04 bits per heavy atom. The fraction of sp³-hybridized carbons (Fsp3) is 0.421. The quantitative estimate of drug-likeness (QED) is 0.475. The number of imide groups is 1. The first kappa shape index (κ1) is 14.0. The highest BCUT2D eigenvalue weighted by Crippen LogP contribution is 2.65. The Labute approximate surface area is 139 Å². The zero-order valence-electron chi connectivity index (χ0n) is 13.2. The lowest BCUT2D eigenvalue weighted by molar-refractivity contribution is -0.124. The van der Waals surface area contributed by atoms with Crippen LogP contribution in [0.15, 0.2) is 36.4 Å². The molecule has 1 heterocycles. The van der Waals surface area contributed by atoms with E-state index < -0.39 is 5.97 Å². The van der Waals surface area contributed by atoms with Gasteiger partial charge < -0.3 is 4.74 Å². The van der Waals surface area contributed by atoms with Crippen LogP contribution in [0.4, 0.5) is 5.69 Å². The standard InChI is InChI=1S/C19H17NO4/c1-24-19(23)9-2-4-10(5-3-9)20-17(21)15-11-6-7-12(14-8-13(11)14)16(15)18(20)22/h2-7,11-16H,8H2,1H3/t11-,12+,13-,14-,15+,16+/m1/s1. The highest BCUT2D eigenvalue weighted by molar-refractivity contribution is 6.22. The van der Waals surface area contributed by atoms with Gasteiger partial charge in [0.1, 0.15) is 0 Å². The number of hydrogen-bond donors (Lipinski definition) is 0. The van der Waals surface area contributed by atoms with Gasteiger partial charge in [-0.25, -0.2) is 4.79 Å². The number of rotatable bonds is 2. The lowest BCUT2D eigenvalue weighted by atomic mass is 9.63. The van der Waals surface area contributed by atoms with Gasteiger partial charge in [-0.05, 0) is 54.4 Å². The molecule has 4 aliphatic carbocycles. The molecule has 0 unspecified atom stereocenters. The van der Waals surface area contributed by atoms with E-state index in [-0.39, 0.29) is 35.5 Å². The Morgan fingerprint density at radius 1 is 1.00 bits per heavy atom. The van der Waals surface area contributed by atoms with Crippen molar-refractivity contribution in [2.75, 3.05) is 12.0 Å². The average molecular weight is 323 g/mol. The number of anilines is 1. The Hall–Kier alpha value is -2.43. The fourth-order valence-electron chi connectivity index (χ4n) is 5.08. The molecule has 24 heavy (non-hydrogen) atoms. The number of methoxy groups -OCH3 is 1. The summed E-state index contributed by atoms with van der Waals surface area (Å²) in [5, 5.41) is 0. The zero-order valence-corrected chi connectivity index (χ0v) is 13.2. The van der Waals surface area contributed by atoms with E-state index in [4.69, 9.17) is 0 Å². The van der Waals surface area contributed by atoms with Gasteiger partial charge in [0.25, 0.3) is 0 Å². The molecule has 5 nitrogen and oxygen atoms in total. The summed E-state index contributed by atoms with van der Waals surface area (Å²) in [5.41, 5.74) is 0.945. The molecule has 1 aromatic carbocycles. The highest BCUT2D eigenvalue weighted by atomic mass is 16.5. The van der Waals surface area contributed by atoms with Crippen LogP contribution in [0, 0.1) is 35.5 Å². The molecule has 5 aliphatic rings. The number of carbonyl (C=O) groups is 3. The van der Waals surface area contributed by atoms with Crippen LogP contribution >= 0.6 is 0 Å². The number of hydrogen-bond acceptors (Lipinski definition) is 4. The summed E-state index contributed by atoms with van der Waals surface area (Å²) in [4.78, 5) is 38.8. The van der Waals surface area contributed by atoms with Crippen molar-refractivity contribution in [1.82, 2.24) is 0 Å². The van der Waals surface area contributed by atoms with E-state index in [1.54, 1.807) is 24.3 Å². The normalized spacial score (nSPS) is 38.1. The molecule has 0 aromatic heterocycles. The minimum Gasteiger partial charge on any atom is -0.465 e. The maximum Gasteiger partial charge on any atom is 0.337 e. The molecular formula is C19H17NO4. The fourth-order valence-corrected chi connectivity index (χ4v) is 5.08. The van der Waals surface area contributed by atoms with E-state index in [2.05, 4.69) is 16.9 Å². The predicted molar refractivity (Wildman–Crippen MR) is 85.0 cm³/mol. The van der Waals surface area contributed by atoms with E-state index >= 15 is 0 Å². The van der Waals surface area contributed by atoms with Gasteiger partial charge in [0, 0.05) is 0 Å². The Morgan fingerprint density at radius 2 is 1.54 bits per heavy atom. The van der Waals surface area contributed by atoms with Gasteiger partial charge >= 0.3 is 5.97 Å². The molecule has 0 spiro atoms. The number of carbonyl (C=O) groups excluding carboxylic acids is 3. The second-order valence-electron chi connectivity index (χ2n) is 7.20. The van der Waals surface area contributed by atoms with E-state index in [1.165, 1.54) is 12.0 Å². The number of allylic oxidation sites excluding steroid dienone is 2. The summed E-state index contributed by atoms with van der Waals surface area (Å²) >= 11 is 0. The van der Waals surface area contributed by atoms with Gasteiger partial charge in [-0.2, -0.15) is 0 Å². The van der Waals surface area contributed by atoms with Crippen LogP contribution in [0.25, 0.3) is 0 Å². The first-order valence-electron chi connectivity index (χ1n) is 8.36. The van der Waals surface area contributed by atoms with Gasteiger partial charge in [-0.3, -0.25) is 14.5 Å². The first-order chi connectivity index (χ1) is 11.6. The third kappa shape index (κ3) is 1.62. The Balaban J connectivity index is 1.49. The smallest absolute Gasteiger partial charge is 0.337 e. The molecule has 3 fully saturated rings. The van der Waals surface area contributed by atoms with Crippen molar-refractivity contribution in [3.8, 4) is 0 Å². The molecule has 2 saturated carbocycles. The van der Waals surface area contributed by atoms with Crippen molar-refractivity contribution >= 4 is 23.5 Å². The molecule has 6 rings (SSSR count). The summed E-state index contributed by atoms with van der Waals surface area (Å²) in [7, 11) is 1.32.